The number of thiazole rings is 1. The van der Waals surface area contributed by atoms with Crippen molar-refractivity contribution >= 4 is 34.0 Å². The van der Waals surface area contributed by atoms with Crippen LogP contribution in [0.3, 0.4) is 0 Å². The molecule has 2 aromatic heterocycles. The summed E-state index contributed by atoms with van der Waals surface area (Å²) in [5, 5.41) is 2.98. The molecule has 0 aliphatic carbocycles. The molecule has 110 valence electrons. The number of methoxy groups -OCH3 is 1. The van der Waals surface area contributed by atoms with Crippen molar-refractivity contribution in [2.75, 3.05) is 7.11 Å². The number of imidazole rings is 1. The lowest BCUT2D eigenvalue weighted by Crippen LogP contribution is -2.06. The van der Waals surface area contributed by atoms with Crippen LogP contribution in [-0.4, -0.2) is 21.6 Å². The summed E-state index contributed by atoms with van der Waals surface area (Å²) >= 11 is 7.95. The Morgan fingerprint density at radius 3 is 2.81 bits per heavy atom. The highest BCUT2D eigenvalue weighted by Gasteiger charge is 2.16. The van der Waals surface area contributed by atoms with E-state index in [2.05, 4.69) is 19.9 Å². The van der Waals surface area contributed by atoms with Gasteiger partial charge in [-0.3, -0.25) is 0 Å². The van der Waals surface area contributed by atoms with Crippen LogP contribution in [0.25, 0.3) is 11.0 Å². The van der Waals surface area contributed by atoms with Gasteiger partial charge < -0.3 is 9.30 Å². The zero-order chi connectivity index (χ0) is 15.0. The van der Waals surface area contributed by atoms with Crippen molar-refractivity contribution in [1.82, 2.24) is 14.5 Å². The third-order valence-electron chi connectivity index (χ3n) is 3.33. The molecule has 0 fully saturated rings. The van der Waals surface area contributed by atoms with Gasteiger partial charge in [0, 0.05) is 11.4 Å². The minimum Gasteiger partial charge on any atom is -0.497 e. The van der Waals surface area contributed by atoms with E-state index in [0.29, 0.717) is 6.54 Å². The summed E-state index contributed by atoms with van der Waals surface area (Å²) in [4.78, 5) is 9.18. The smallest absolute Gasteiger partial charge is 0.128 e. The minimum absolute atomic E-state index is 0.164. The van der Waals surface area contributed by atoms with Crippen LogP contribution in [0.15, 0.2) is 23.6 Å². The number of halogens is 1. The lowest BCUT2D eigenvalue weighted by atomic mass is 10.3. The Hall–Kier alpha value is -1.59. The number of hydrogen-bond acceptors (Lipinski definition) is 4. The van der Waals surface area contributed by atoms with E-state index in [1.807, 2.05) is 32.0 Å². The molecule has 4 nitrogen and oxygen atoms in total. The van der Waals surface area contributed by atoms with Gasteiger partial charge in [0.25, 0.3) is 0 Å². The van der Waals surface area contributed by atoms with E-state index in [1.54, 1.807) is 18.4 Å². The predicted octanol–water partition coefficient (Wildman–Crippen LogP) is 4.16. The molecule has 3 rings (SSSR count). The normalized spacial score (nSPS) is 12.8. The highest BCUT2D eigenvalue weighted by Crippen LogP contribution is 2.28. The van der Waals surface area contributed by atoms with E-state index in [0.717, 1.165) is 33.3 Å². The number of ether oxygens (including phenoxy) is 1. The number of alkyl halides is 1. The van der Waals surface area contributed by atoms with Gasteiger partial charge in [0.15, 0.2) is 0 Å². The molecule has 21 heavy (non-hydrogen) atoms. The first-order chi connectivity index (χ1) is 10.1. The SMILES string of the molecule is COc1ccc2c(c1)nc(C(C)Cl)n2Cc1csc(C)n1. The van der Waals surface area contributed by atoms with Crippen LogP contribution in [0.2, 0.25) is 0 Å². The summed E-state index contributed by atoms with van der Waals surface area (Å²) in [7, 11) is 1.65. The number of aryl methyl sites for hydroxylation is 1. The van der Waals surface area contributed by atoms with Crippen molar-refractivity contribution in [2.24, 2.45) is 0 Å². The average molecular weight is 322 g/mol. The monoisotopic (exact) mass is 321 g/mol. The van der Waals surface area contributed by atoms with Crippen LogP contribution in [0.1, 0.15) is 28.8 Å². The number of aromatic nitrogens is 3. The molecular weight excluding hydrogens is 306 g/mol. The van der Waals surface area contributed by atoms with Crippen LogP contribution >= 0.6 is 22.9 Å². The highest BCUT2D eigenvalue weighted by atomic mass is 35.5. The Balaban J connectivity index is 2.11. The quantitative estimate of drug-likeness (QED) is 0.677. The van der Waals surface area contributed by atoms with E-state index >= 15 is 0 Å². The molecule has 1 unspecified atom stereocenters. The molecule has 3 aromatic rings. The molecule has 0 aliphatic rings. The van der Waals surface area contributed by atoms with Gasteiger partial charge in [-0.1, -0.05) is 0 Å². The zero-order valence-corrected chi connectivity index (χ0v) is 13.7. The van der Waals surface area contributed by atoms with Gasteiger partial charge in [-0.2, -0.15) is 0 Å². The van der Waals surface area contributed by atoms with Crippen molar-refractivity contribution in [3.8, 4) is 5.75 Å². The lowest BCUT2D eigenvalue weighted by Gasteiger charge is -2.09. The molecule has 0 saturated carbocycles. The number of fused-ring (bicyclic) bond motifs is 1. The second kappa shape index (κ2) is 5.66. The Morgan fingerprint density at radius 2 is 2.19 bits per heavy atom. The van der Waals surface area contributed by atoms with Crippen LogP contribution < -0.4 is 4.74 Å². The van der Waals surface area contributed by atoms with Crippen LogP contribution in [0.5, 0.6) is 5.75 Å². The number of hydrogen-bond donors (Lipinski definition) is 0. The second-order valence-corrected chi connectivity index (χ2v) is 6.60. The van der Waals surface area contributed by atoms with Crippen LogP contribution in [-0.2, 0) is 6.54 Å². The first-order valence-corrected chi connectivity index (χ1v) is 7.99. The Kier molecular flexibility index (Phi) is 3.87. The second-order valence-electron chi connectivity index (χ2n) is 4.88. The highest BCUT2D eigenvalue weighted by molar-refractivity contribution is 7.09. The van der Waals surface area contributed by atoms with Crippen molar-refractivity contribution in [3.63, 3.8) is 0 Å². The summed E-state index contributed by atoms with van der Waals surface area (Å²) in [5.41, 5.74) is 2.97. The number of benzene rings is 1. The number of nitrogens with zero attached hydrogens (tertiary/aromatic N) is 3. The maximum absolute atomic E-state index is 6.29. The van der Waals surface area contributed by atoms with Crippen molar-refractivity contribution in [2.45, 2.75) is 25.8 Å². The van der Waals surface area contributed by atoms with Crippen molar-refractivity contribution in [3.05, 3.63) is 40.1 Å². The average Bonchev–Trinajstić information content (AvgIpc) is 3.03. The molecule has 0 spiro atoms. The van der Waals surface area contributed by atoms with Gasteiger partial charge in [-0.05, 0) is 26.0 Å². The molecule has 0 amide bonds. The summed E-state index contributed by atoms with van der Waals surface area (Å²) in [6, 6.07) is 5.89. The third kappa shape index (κ3) is 2.76. The van der Waals surface area contributed by atoms with Gasteiger partial charge in [0.1, 0.15) is 11.6 Å². The largest absolute Gasteiger partial charge is 0.497 e. The van der Waals surface area contributed by atoms with Crippen molar-refractivity contribution in [1.29, 1.82) is 0 Å². The van der Waals surface area contributed by atoms with Crippen LogP contribution in [0, 0.1) is 6.92 Å². The molecule has 2 heterocycles. The van der Waals surface area contributed by atoms with Gasteiger partial charge in [0.2, 0.25) is 0 Å². The Labute approximate surface area is 132 Å². The molecule has 1 atom stereocenters. The summed E-state index contributed by atoms with van der Waals surface area (Å²) in [5.74, 6) is 1.65. The van der Waals surface area contributed by atoms with Gasteiger partial charge in [-0.15, -0.1) is 22.9 Å². The first kappa shape index (κ1) is 14.4. The van der Waals surface area contributed by atoms with E-state index < -0.39 is 0 Å². The first-order valence-electron chi connectivity index (χ1n) is 6.67. The third-order valence-corrected chi connectivity index (χ3v) is 4.34. The van der Waals surface area contributed by atoms with E-state index in [9.17, 15) is 0 Å². The topological polar surface area (TPSA) is 39.9 Å². The van der Waals surface area contributed by atoms with Gasteiger partial charge in [-0.25, -0.2) is 9.97 Å². The lowest BCUT2D eigenvalue weighted by molar-refractivity contribution is 0.415. The standard InChI is InChI=1S/C15H16ClN3OS/c1-9(16)15-18-13-6-12(20-3)4-5-14(13)19(15)7-11-8-21-10(2)17-11/h4-6,8-9H,7H2,1-3H3. The maximum Gasteiger partial charge on any atom is 0.128 e. The molecule has 0 saturated heterocycles. The van der Waals surface area contributed by atoms with Gasteiger partial charge >= 0.3 is 0 Å². The molecule has 0 aliphatic heterocycles. The minimum atomic E-state index is -0.164. The van der Waals surface area contributed by atoms with E-state index in [-0.39, 0.29) is 5.38 Å². The molecule has 6 heteroatoms. The fourth-order valence-corrected chi connectivity index (χ4v) is 3.14. The fraction of sp³-hybridized carbons (Fsp3) is 0.333. The molecule has 1 aromatic carbocycles. The zero-order valence-electron chi connectivity index (χ0n) is 12.1. The Morgan fingerprint density at radius 1 is 1.38 bits per heavy atom. The maximum atomic E-state index is 6.29. The summed E-state index contributed by atoms with van der Waals surface area (Å²) < 4.78 is 7.39. The molecule has 0 bridgehead atoms. The van der Waals surface area contributed by atoms with E-state index in [4.69, 9.17) is 16.3 Å². The Bertz CT molecular complexity index is 778. The summed E-state index contributed by atoms with van der Waals surface area (Å²) in [6.45, 7) is 4.62. The molecule has 0 N–H and O–H groups in total. The van der Waals surface area contributed by atoms with E-state index in [1.165, 1.54) is 0 Å². The van der Waals surface area contributed by atoms with Crippen LogP contribution in [0.4, 0.5) is 0 Å². The number of rotatable bonds is 4. The summed E-state index contributed by atoms with van der Waals surface area (Å²) in [6.07, 6.45) is 0. The fourth-order valence-electron chi connectivity index (χ4n) is 2.37. The predicted molar refractivity (Wildman–Crippen MR) is 86.5 cm³/mol. The van der Waals surface area contributed by atoms with Gasteiger partial charge in [0.05, 0.1) is 40.8 Å². The molecular formula is C15H16ClN3OS. The van der Waals surface area contributed by atoms with Crippen molar-refractivity contribution < 1.29 is 4.74 Å². The molecule has 0 radical (unpaired) electrons.